The standard InChI is InChI=1S/C16H28O2/c1-3-4-5-6-7-8-9-10-11-12-13-14-15-18-16(2)17/h3-4,6-7H,5,8-15H2,1-2H3/b4-3?,7-6-. The lowest BCUT2D eigenvalue weighted by Gasteiger charge is -2.01. The van der Waals surface area contributed by atoms with Crippen LogP contribution in [0.25, 0.3) is 0 Å². The fourth-order valence-electron chi connectivity index (χ4n) is 1.72. The zero-order valence-corrected chi connectivity index (χ0v) is 12.0. The van der Waals surface area contributed by atoms with E-state index in [1.54, 1.807) is 0 Å². The van der Waals surface area contributed by atoms with E-state index < -0.39 is 0 Å². The Morgan fingerprint density at radius 2 is 1.61 bits per heavy atom. The van der Waals surface area contributed by atoms with Crippen LogP contribution in [0.5, 0.6) is 0 Å². The van der Waals surface area contributed by atoms with Crippen LogP contribution in [0.3, 0.4) is 0 Å². The molecule has 0 saturated heterocycles. The van der Waals surface area contributed by atoms with E-state index in [0.717, 1.165) is 12.8 Å². The Hall–Kier alpha value is -1.05. The molecule has 0 amide bonds. The normalized spacial score (nSPS) is 11.4. The van der Waals surface area contributed by atoms with E-state index in [-0.39, 0.29) is 5.97 Å². The monoisotopic (exact) mass is 252 g/mol. The van der Waals surface area contributed by atoms with E-state index in [1.807, 2.05) is 0 Å². The van der Waals surface area contributed by atoms with Gasteiger partial charge in [0.25, 0.3) is 0 Å². The Bertz CT molecular complexity index is 241. The summed E-state index contributed by atoms with van der Waals surface area (Å²) in [5.41, 5.74) is 0. The number of unbranched alkanes of at least 4 members (excludes halogenated alkanes) is 6. The van der Waals surface area contributed by atoms with Gasteiger partial charge in [-0.1, -0.05) is 50.0 Å². The molecule has 0 fully saturated rings. The van der Waals surface area contributed by atoms with Crippen LogP contribution in [0.1, 0.15) is 65.2 Å². The number of hydrogen-bond acceptors (Lipinski definition) is 2. The molecule has 0 N–H and O–H groups in total. The fourth-order valence-corrected chi connectivity index (χ4v) is 1.72. The average molecular weight is 252 g/mol. The molecule has 18 heavy (non-hydrogen) atoms. The lowest BCUT2D eigenvalue weighted by atomic mass is 10.1. The minimum Gasteiger partial charge on any atom is -0.466 e. The Balaban J connectivity index is 3.07. The van der Waals surface area contributed by atoms with Crippen molar-refractivity contribution in [2.75, 3.05) is 6.61 Å². The van der Waals surface area contributed by atoms with Gasteiger partial charge >= 0.3 is 5.97 Å². The Labute approximate surface area is 112 Å². The van der Waals surface area contributed by atoms with Crippen molar-refractivity contribution < 1.29 is 9.53 Å². The van der Waals surface area contributed by atoms with Crippen LogP contribution in [0.4, 0.5) is 0 Å². The van der Waals surface area contributed by atoms with E-state index in [9.17, 15) is 4.79 Å². The molecule has 0 aromatic rings. The first kappa shape index (κ1) is 16.9. The fraction of sp³-hybridized carbons (Fsp3) is 0.688. The molecule has 0 radical (unpaired) electrons. The van der Waals surface area contributed by atoms with Gasteiger partial charge in [0.1, 0.15) is 0 Å². The second-order valence-corrected chi connectivity index (χ2v) is 4.53. The molecule has 0 rings (SSSR count). The first-order valence-electron chi connectivity index (χ1n) is 7.17. The largest absolute Gasteiger partial charge is 0.466 e. The SMILES string of the molecule is CC=CC/C=C\CCCCCCCCOC(C)=O. The topological polar surface area (TPSA) is 26.3 Å². The summed E-state index contributed by atoms with van der Waals surface area (Å²) in [6, 6.07) is 0. The molecule has 0 bridgehead atoms. The number of esters is 1. The minimum absolute atomic E-state index is 0.167. The highest BCUT2D eigenvalue weighted by atomic mass is 16.5. The van der Waals surface area contributed by atoms with Crippen LogP contribution in [-0.4, -0.2) is 12.6 Å². The Morgan fingerprint density at radius 3 is 2.28 bits per heavy atom. The van der Waals surface area contributed by atoms with Crippen molar-refractivity contribution in [2.24, 2.45) is 0 Å². The Morgan fingerprint density at radius 1 is 0.944 bits per heavy atom. The zero-order chi connectivity index (χ0) is 13.5. The first-order chi connectivity index (χ1) is 8.77. The second kappa shape index (κ2) is 14.0. The van der Waals surface area contributed by atoms with Crippen molar-refractivity contribution in [3.8, 4) is 0 Å². The number of carbonyl (C=O) groups excluding carboxylic acids is 1. The molecule has 0 aliphatic rings. The van der Waals surface area contributed by atoms with Gasteiger partial charge < -0.3 is 4.74 Å². The zero-order valence-electron chi connectivity index (χ0n) is 12.0. The van der Waals surface area contributed by atoms with Crippen molar-refractivity contribution >= 4 is 5.97 Å². The summed E-state index contributed by atoms with van der Waals surface area (Å²) < 4.78 is 4.88. The van der Waals surface area contributed by atoms with E-state index in [1.165, 1.54) is 45.4 Å². The molecule has 2 heteroatoms. The van der Waals surface area contributed by atoms with Gasteiger partial charge in [-0.05, 0) is 32.6 Å². The van der Waals surface area contributed by atoms with Gasteiger partial charge in [0, 0.05) is 6.92 Å². The third-order valence-corrected chi connectivity index (χ3v) is 2.74. The van der Waals surface area contributed by atoms with E-state index >= 15 is 0 Å². The molecule has 0 aliphatic carbocycles. The third kappa shape index (κ3) is 14.9. The third-order valence-electron chi connectivity index (χ3n) is 2.74. The molecule has 104 valence electrons. The summed E-state index contributed by atoms with van der Waals surface area (Å²) in [5.74, 6) is -0.167. The van der Waals surface area contributed by atoms with Crippen LogP contribution in [0.2, 0.25) is 0 Å². The number of allylic oxidation sites excluding steroid dienone is 4. The van der Waals surface area contributed by atoms with Crippen LogP contribution in [0, 0.1) is 0 Å². The van der Waals surface area contributed by atoms with Crippen LogP contribution < -0.4 is 0 Å². The van der Waals surface area contributed by atoms with Gasteiger partial charge in [0.05, 0.1) is 6.61 Å². The molecule has 0 atom stereocenters. The minimum atomic E-state index is -0.167. The molecule has 0 saturated carbocycles. The first-order valence-corrected chi connectivity index (χ1v) is 7.17. The molecule has 0 heterocycles. The Kier molecular flexibility index (Phi) is 13.2. The molecule has 0 aliphatic heterocycles. The second-order valence-electron chi connectivity index (χ2n) is 4.53. The van der Waals surface area contributed by atoms with Gasteiger partial charge in [-0.15, -0.1) is 0 Å². The van der Waals surface area contributed by atoms with Gasteiger partial charge in [-0.2, -0.15) is 0 Å². The van der Waals surface area contributed by atoms with Gasteiger partial charge in [0.2, 0.25) is 0 Å². The van der Waals surface area contributed by atoms with Gasteiger partial charge in [0.15, 0.2) is 0 Å². The summed E-state index contributed by atoms with van der Waals surface area (Å²) in [4.78, 5) is 10.5. The van der Waals surface area contributed by atoms with Crippen LogP contribution in [-0.2, 0) is 9.53 Å². The summed E-state index contributed by atoms with van der Waals surface area (Å²) in [7, 11) is 0. The van der Waals surface area contributed by atoms with Gasteiger partial charge in [-0.25, -0.2) is 0 Å². The molecule has 2 nitrogen and oxygen atoms in total. The summed E-state index contributed by atoms with van der Waals surface area (Å²) in [5, 5.41) is 0. The van der Waals surface area contributed by atoms with Crippen molar-refractivity contribution in [3.05, 3.63) is 24.3 Å². The van der Waals surface area contributed by atoms with Crippen molar-refractivity contribution in [2.45, 2.75) is 65.2 Å². The summed E-state index contributed by atoms with van der Waals surface area (Å²) >= 11 is 0. The maximum Gasteiger partial charge on any atom is 0.302 e. The summed E-state index contributed by atoms with van der Waals surface area (Å²) in [6.45, 7) is 4.10. The highest BCUT2D eigenvalue weighted by Crippen LogP contribution is 2.08. The van der Waals surface area contributed by atoms with Crippen LogP contribution in [0.15, 0.2) is 24.3 Å². The van der Waals surface area contributed by atoms with Crippen LogP contribution >= 0.6 is 0 Å². The summed E-state index contributed by atoms with van der Waals surface area (Å²) in [6.07, 6.45) is 18.3. The lowest BCUT2D eigenvalue weighted by molar-refractivity contribution is -0.141. The van der Waals surface area contributed by atoms with Crippen molar-refractivity contribution in [1.29, 1.82) is 0 Å². The molecular formula is C16H28O2. The smallest absolute Gasteiger partial charge is 0.302 e. The lowest BCUT2D eigenvalue weighted by Crippen LogP contribution is -1.99. The van der Waals surface area contributed by atoms with E-state index in [0.29, 0.717) is 6.61 Å². The molecule has 0 spiro atoms. The number of hydrogen-bond donors (Lipinski definition) is 0. The molecule has 0 aromatic heterocycles. The quantitative estimate of drug-likeness (QED) is 0.300. The van der Waals surface area contributed by atoms with Crippen molar-refractivity contribution in [1.82, 2.24) is 0 Å². The number of ether oxygens (including phenoxy) is 1. The molecule has 0 unspecified atom stereocenters. The maximum absolute atomic E-state index is 10.5. The average Bonchev–Trinajstić information content (AvgIpc) is 2.34. The van der Waals surface area contributed by atoms with E-state index in [4.69, 9.17) is 4.74 Å². The van der Waals surface area contributed by atoms with Crippen molar-refractivity contribution in [3.63, 3.8) is 0 Å². The predicted molar refractivity (Wildman–Crippen MR) is 77.5 cm³/mol. The maximum atomic E-state index is 10.5. The molecule has 0 aromatic carbocycles. The number of rotatable bonds is 11. The number of carbonyl (C=O) groups is 1. The predicted octanol–water partition coefficient (Wildman–Crippen LogP) is 4.80. The molecular weight excluding hydrogens is 224 g/mol. The van der Waals surface area contributed by atoms with Gasteiger partial charge in [-0.3, -0.25) is 4.79 Å². The highest BCUT2D eigenvalue weighted by Gasteiger charge is 1.93. The highest BCUT2D eigenvalue weighted by molar-refractivity contribution is 5.65. The van der Waals surface area contributed by atoms with E-state index in [2.05, 4.69) is 31.2 Å².